The highest BCUT2D eigenvalue weighted by atomic mass is 19.1. The van der Waals surface area contributed by atoms with Crippen LogP contribution < -0.4 is 0 Å². The summed E-state index contributed by atoms with van der Waals surface area (Å²) in [7, 11) is 1.52. The highest BCUT2D eigenvalue weighted by Crippen LogP contribution is 2.22. The summed E-state index contributed by atoms with van der Waals surface area (Å²) in [6.45, 7) is 5.37. The molecule has 0 aliphatic carbocycles. The van der Waals surface area contributed by atoms with Gasteiger partial charge in [-0.05, 0) is 50.6 Å². The van der Waals surface area contributed by atoms with Crippen LogP contribution in [0, 0.1) is 19.7 Å². The molecule has 2 heterocycles. The van der Waals surface area contributed by atoms with Gasteiger partial charge in [0.25, 0.3) is 11.9 Å². The van der Waals surface area contributed by atoms with E-state index in [9.17, 15) is 14.0 Å². The normalized spacial score (nSPS) is 10.7. The molecule has 0 unspecified atom stereocenters. The van der Waals surface area contributed by atoms with Crippen molar-refractivity contribution in [3.8, 4) is 17.2 Å². The van der Waals surface area contributed by atoms with Crippen LogP contribution in [0.5, 0.6) is 0 Å². The predicted molar refractivity (Wildman–Crippen MR) is 108 cm³/mol. The molecule has 8 nitrogen and oxygen atoms in total. The van der Waals surface area contributed by atoms with Crippen LogP contribution in [-0.2, 0) is 9.53 Å². The van der Waals surface area contributed by atoms with Crippen LogP contribution in [0.3, 0.4) is 0 Å². The zero-order valence-electron chi connectivity index (χ0n) is 17.2. The minimum atomic E-state index is -0.482. The Morgan fingerprint density at radius 2 is 1.87 bits per heavy atom. The fourth-order valence-electron chi connectivity index (χ4n) is 2.93. The summed E-state index contributed by atoms with van der Waals surface area (Å²) in [6.07, 6.45) is 3.07. The fraction of sp³-hybridized carbons (Fsp3) is 0.286. The Labute approximate surface area is 173 Å². The fourth-order valence-corrected chi connectivity index (χ4v) is 2.93. The van der Waals surface area contributed by atoms with Crippen LogP contribution in [0.2, 0.25) is 0 Å². The second-order valence-corrected chi connectivity index (χ2v) is 6.73. The van der Waals surface area contributed by atoms with Crippen molar-refractivity contribution in [3.05, 3.63) is 59.3 Å². The van der Waals surface area contributed by atoms with Gasteiger partial charge in [-0.3, -0.25) is 9.59 Å². The number of hydrogen-bond acceptors (Lipinski definition) is 6. The summed E-state index contributed by atoms with van der Waals surface area (Å²) in [5, 5.41) is 4.25. The molecule has 0 atom stereocenters. The first-order valence-corrected chi connectivity index (χ1v) is 9.37. The van der Waals surface area contributed by atoms with E-state index in [1.54, 1.807) is 32.2 Å². The SMILES string of the molecule is CCOC(=O)CN(C)C(=O)c1cnn(-c2ncc(C)c(-c3ccc(F)cc3)n2)c1C. The monoisotopic (exact) mass is 411 g/mol. The number of esters is 1. The lowest BCUT2D eigenvalue weighted by molar-refractivity contribution is -0.143. The Morgan fingerprint density at radius 3 is 2.53 bits per heavy atom. The number of halogens is 1. The van der Waals surface area contributed by atoms with Gasteiger partial charge in [-0.1, -0.05) is 0 Å². The quantitative estimate of drug-likeness (QED) is 0.580. The molecule has 2 aromatic heterocycles. The molecule has 9 heteroatoms. The van der Waals surface area contributed by atoms with Crippen LogP contribution in [0.15, 0.2) is 36.7 Å². The Balaban J connectivity index is 1.90. The third-order valence-electron chi connectivity index (χ3n) is 4.52. The topological polar surface area (TPSA) is 90.2 Å². The van der Waals surface area contributed by atoms with Gasteiger partial charge in [-0.15, -0.1) is 0 Å². The molecule has 1 amide bonds. The van der Waals surface area contributed by atoms with E-state index in [2.05, 4.69) is 15.1 Å². The maximum Gasteiger partial charge on any atom is 0.325 e. The molecule has 156 valence electrons. The minimum Gasteiger partial charge on any atom is -0.465 e. The maximum absolute atomic E-state index is 13.3. The molecule has 0 saturated heterocycles. The highest BCUT2D eigenvalue weighted by molar-refractivity contribution is 5.96. The zero-order chi connectivity index (χ0) is 21.8. The van der Waals surface area contributed by atoms with Gasteiger partial charge in [0, 0.05) is 18.8 Å². The van der Waals surface area contributed by atoms with Crippen LogP contribution >= 0.6 is 0 Å². The molecule has 0 saturated carbocycles. The van der Waals surface area contributed by atoms with Crippen molar-refractivity contribution >= 4 is 11.9 Å². The summed E-state index contributed by atoms with van der Waals surface area (Å²) >= 11 is 0. The van der Waals surface area contributed by atoms with Crippen LogP contribution in [0.4, 0.5) is 4.39 Å². The molecule has 30 heavy (non-hydrogen) atoms. The molecular weight excluding hydrogens is 389 g/mol. The third kappa shape index (κ3) is 4.35. The van der Waals surface area contributed by atoms with Gasteiger partial charge in [-0.25, -0.2) is 19.0 Å². The number of amides is 1. The van der Waals surface area contributed by atoms with E-state index >= 15 is 0 Å². The number of hydrogen-bond donors (Lipinski definition) is 0. The van der Waals surface area contributed by atoms with Crippen LogP contribution in [-0.4, -0.2) is 56.7 Å². The Kier molecular flexibility index (Phi) is 6.20. The molecule has 0 spiro atoms. The van der Waals surface area contributed by atoms with E-state index in [0.717, 1.165) is 11.1 Å². The van der Waals surface area contributed by atoms with Gasteiger partial charge < -0.3 is 9.64 Å². The molecule has 3 aromatic rings. The van der Waals surface area contributed by atoms with Gasteiger partial charge >= 0.3 is 5.97 Å². The largest absolute Gasteiger partial charge is 0.465 e. The molecular formula is C21H22FN5O3. The summed E-state index contributed by atoms with van der Waals surface area (Å²) < 4.78 is 19.6. The lowest BCUT2D eigenvalue weighted by atomic mass is 10.1. The second kappa shape index (κ2) is 8.81. The molecule has 1 aromatic carbocycles. The first-order valence-electron chi connectivity index (χ1n) is 9.37. The molecule has 0 N–H and O–H groups in total. The smallest absolute Gasteiger partial charge is 0.325 e. The van der Waals surface area contributed by atoms with Gasteiger partial charge in [0.2, 0.25) is 0 Å². The van der Waals surface area contributed by atoms with E-state index in [0.29, 0.717) is 17.0 Å². The zero-order valence-corrected chi connectivity index (χ0v) is 17.2. The van der Waals surface area contributed by atoms with Gasteiger partial charge in [-0.2, -0.15) is 5.10 Å². The summed E-state index contributed by atoms with van der Waals surface area (Å²) in [6, 6.07) is 6.02. The molecule has 0 bridgehead atoms. The molecule has 0 aliphatic heterocycles. The number of nitrogens with zero attached hydrogens (tertiary/aromatic N) is 5. The number of carbonyl (C=O) groups is 2. The average Bonchev–Trinajstić information content (AvgIpc) is 3.10. The Bertz CT molecular complexity index is 1080. The van der Waals surface area contributed by atoms with Crippen LogP contribution in [0.1, 0.15) is 28.5 Å². The minimum absolute atomic E-state index is 0.160. The van der Waals surface area contributed by atoms with E-state index < -0.39 is 5.97 Å². The Morgan fingerprint density at radius 1 is 1.17 bits per heavy atom. The molecule has 0 radical (unpaired) electrons. The van der Waals surface area contributed by atoms with E-state index in [4.69, 9.17) is 4.74 Å². The number of aromatic nitrogens is 4. The first kappa shape index (κ1) is 21.1. The van der Waals surface area contributed by atoms with Gasteiger partial charge in [0.05, 0.1) is 29.8 Å². The second-order valence-electron chi connectivity index (χ2n) is 6.73. The van der Waals surface area contributed by atoms with Crippen molar-refractivity contribution in [2.75, 3.05) is 20.2 Å². The van der Waals surface area contributed by atoms with Crippen molar-refractivity contribution in [2.45, 2.75) is 20.8 Å². The van der Waals surface area contributed by atoms with Crippen molar-refractivity contribution in [2.24, 2.45) is 0 Å². The number of rotatable bonds is 6. The molecule has 0 fully saturated rings. The molecule has 0 aliphatic rings. The van der Waals surface area contributed by atoms with E-state index in [1.165, 1.54) is 35.0 Å². The predicted octanol–water partition coefficient (Wildman–Crippen LogP) is 2.72. The summed E-state index contributed by atoms with van der Waals surface area (Å²) in [5.41, 5.74) is 3.06. The van der Waals surface area contributed by atoms with Gasteiger partial charge in [0.15, 0.2) is 0 Å². The average molecular weight is 411 g/mol. The van der Waals surface area contributed by atoms with Gasteiger partial charge in [0.1, 0.15) is 12.4 Å². The number of ether oxygens (including phenoxy) is 1. The number of benzene rings is 1. The van der Waals surface area contributed by atoms with E-state index in [-0.39, 0.29) is 30.8 Å². The number of aryl methyl sites for hydroxylation is 1. The standard InChI is InChI=1S/C21H22FN5O3/c1-5-30-18(28)12-26(4)20(29)17-11-24-27(14(17)3)21-23-10-13(2)19(25-21)15-6-8-16(22)9-7-15/h6-11H,5,12H2,1-4H3. The van der Waals surface area contributed by atoms with E-state index in [1.807, 2.05) is 6.92 Å². The van der Waals surface area contributed by atoms with Crippen LogP contribution in [0.25, 0.3) is 17.2 Å². The summed E-state index contributed by atoms with van der Waals surface area (Å²) in [4.78, 5) is 34.5. The Hall–Kier alpha value is -3.62. The molecule has 3 rings (SSSR count). The number of carbonyl (C=O) groups excluding carboxylic acids is 2. The third-order valence-corrected chi connectivity index (χ3v) is 4.52. The first-order chi connectivity index (χ1) is 14.3. The highest BCUT2D eigenvalue weighted by Gasteiger charge is 2.22. The lowest BCUT2D eigenvalue weighted by Gasteiger charge is -2.15. The lowest BCUT2D eigenvalue weighted by Crippen LogP contribution is -2.33. The van der Waals surface area contributed by atoms with Crippen molar-refractivity contribution < 1.29 is 18.7 Å². The van der Waals surface area contributed by atoms with Crippen molar-refractivity contribution in [3.63, 3.8) is 0 Å². The maximum atomic E-state index is 13.3. The summed E-state index contributed by atoms with van der Waals surface area (Å²) in [5.74, 6) is -0.893. The number of likely N-dealkylation sites (N-methyl/N-ethyl adjacent to an activating group) is 1. The van der Waals surface area contributed by atoms with Crippen molar-refractivity contribution in [1.29, 1.82) is 0 Å². The van der Waals surface area contributed by atoms with Crippen molar-refractivity contribution in [1.82, 2.24) is 24.6 Å².